The van der Waals surface area contributed by atoms with Crippen molar-refractivity contribution in [1.82, 2.24) is 4.90 Å². The van der Waals surface area contributed by atoms with Gasteiger partial charge in [-0.25, -0.2) is 0 Å². The molecule has 1 amide bonds. The van der Waals surface area contributed by atoms with Crippen LogP contribution in [0, 0.1) is 5.92 Å². The van der Waals surface area contributed by atoms with E-state index in [4.69, 9.17) is 0 Å². The standard InChI is InChI=1S/C19H18F3NOS/c20-19(21,22)14-5-3-9-23(11-14)18(24)16-10-13-8-7-12-4-1-2-6-15(12)17(13)25-16/h1-2,4,6,10,14H,3,5,7-9,11H2. The van der Waals surface area contributed by atoms with Crippen molar-refractivity contribution in [2.45, 2.75) is 31.9 Å². The fourth-order valence-corrected chi connectivity index (χ4v) is 5.00. The van der Waals surface area contributed by atoms with Crippen LogP contribution in [0.1, 0.15) is 33.6 Å². The molecule has 1 aliphatic carbocycles. The third-order valence-electron chi connectivity index (χ3n) is 5.12. The molecule has 2 nitrogen and oxygen atoms in total. The molecule has 1 aromatic carbocycles. The van der Waals surface area contributed by atoms with Crippen LogP contribution in [0.2, 0.25) is 0 Å². The van der Waals surface area contributed by atoms with Crippen molar-refractivity contribution in [2.24, 2.45) is 5.92 Å². The second-order valence-corrected chi connectivity index (χ2v) is 7.81. The van der Waals surface area contributed by atoms with Crippen LogP contribution in [0.15, 0.2) is 30.3 Å². The van der Waals surface area contributed by atoms with E-state index in [1.165, 1.54) is 21.8 Å². The van der Waals surface area contributed by atoms with E-state index >= 15 is 0 Å². The monoisotopic (exact) mass is 365 g/mol. The molecule has 25 heavy (non-hydrogen) atoms. The number of nitrogens with zero attached hydrogens (tertiary/aromatic N) is 1. The number of amides is 1. The third-order valence-corrected chi connectivity index (χ3v) is 6.32. The van der Waals surface area contributed by atoms with Gasteiger partial charge in [0.1, 0.15) is 0 Å². The van der Waals surface area contributed by atoms with Crippen molar-refractivity contribution in [3.8, 4) is 10.4 Å². The lowest BCUT2D eigenvalue weighted by Crippen LogP contribution is -2.44. The first kappa shape index (κ1) is 16.6. The third kappa shape index (κ3) is 3.08. The number of alkyl halides is 3. The summed E-state index contributed by atoms with van der Waals surface area (Å²) >= 11 is 1.42. The lowest BCUT2D eigenvalue weighted by Gasteiger charge is -2.33. The van der Waals surface area contributed by atoms with E-state index in [1.54, 1.807) is 0 Å². The molecule has 6 heteroatoms. The summed E-state index contributed by atoms with van der Waals surface area (Å²) in [6.07, 6.45) is -1.90. The van der Waals surface area contributed by atoms with Crippen LogP contribution >= 0.6 is 11.3 Å². The number of halogens is 3. The molecular weight excluding hydrogens is 347 g/mol. The Hall–Kier alpha value is -1.82. The van der Waals surface area contributed by atoms with Crippen LogP contribution in [-0.2, 0) is 12.8 Å². The first-order valence-electron chi connectivity index (χ1n) is 8.50. The van der Waals surface area contributed by atoms with Crippen LogP contribution in [0.25, 0.3) is 10.4 Å². The van der Waals surface area contributed by atoms with Gasteiger partial charge in [-0.05, 0) is 48.4 Å². The van der Waals surface area contributed by atoms with Crippen LogP contribution < -0.4 is 0 Å². The maximum atomic E-state index is 13.0. The predicted octanol–water partition coefficient (Wildman–Crippen LogP) is 4.93. The summed E-state index contributed by atoms with van der Waals surface area (Å²) in [6.45, 7) is 0.187. The van der Waals surface area contributed by atoms with Crippen molar-refractivity contribution < 1.29 is 18.0 Å². The Morgan fingerprint density at radius 2 is 1.92 bits per heavy atom. The quantitative estimate of drug-likeness (QED) is 0.702. The molecule has 132 valence electrons. The van der Waals surface area contributed by atoms with Crippen LogP contribution in [0.4, 0.5) is 13.2 Å². The molecule has 0 spiro atoms. The van der Waals surface area contributed by atoms with Crippen LogP contribution in [0.5, 0.6) is 0 Å². The van der Waals surface area contributed by atoms with Gasteiger partial charge in [-0.2, -0.15) is 13.2 Å². The van der Waals surface area contributed by atoms with Crippen LogP contribution in [0.3, 0.4) is 0 Å². The molecule has 1 aliphatic heterocycles. The number of benzene rings is 1. The van der Waals surface area contributed by atoms with E-state index in [9.17, 15) is 18.0 Å². The summed E-state index contributed by atoms with van der Waals surface area (Å²) in [5.74, 6) is -1.66. The number of fused-ring (bicyclic) bond motifs is 3. The van der Waals surface area contributed by atoms with E-state index in [-0.39, 0.29) is 18.9 Å². The zero-order chi connectivity index (χ0) is 17.6. The van der Waals surface area contributed by atoms with Gasteiger partial charge in [0, 0.05) is 18.0 Å². The minimum atomic E-state index is -4.23. The molecular formula is C19H18F3NOS. The number of carbonyl (C=O) groups is 1. The van der Waals surface area contributed by atoms with Crippen molar-refractivity contribution >= 4 is 17.2 Å². The Morgan fingerprint density at radius 1 is 1.16 bits per heavy atom. The molecule has 1 atom stereocenters. The Bertz CT molecular complexity index is 811. The highest BCUT2D eigenvalue weighted by Gasteiger charge is 2.43. The summed E-state index contributed by atoms with van der Waals surface area (Å²) in [5.41, 5.74) is 3.56. The molecule has 2 aliphatic rings. The first-order valence-corrected chi connectivity index (χ1v) is 9.32. The summed E-state index contributed by atoms with van der Waals surface area (Å²) < 4.78 is 39.0. The number of hydrogen-bond donors (Lipinski definition) is 0. The Kier molecular flexibility index (Phi) is 4.10. The van der Waals surface area contributed by atoms with E-state index in [1.807, 2.05) is 18.2 Å². The van der Waals surface area contributed by atoms with Gasteiger partial charge in [0.05, 0.1) is 10.8 Å². The van der Waals surface area contributed by atoms with E-state index in [0.29, 0.717) is 17.8 Å². The normalized spacial score (nSPS) is 20.1. The van der Waals surface area contributed by atoms with Gasteiger partial charge in [0.25, 0.3) is 5.91 Å². The van der Waals surface area contributed by atoms with Gasteiger partial charge in [-0.15, -0.1) is 11.3 Å². The van der Waals surface area contributed by atoms with Gasteiger partial charge in [-0.3, -0.25) is 4.79 Å². The number of thiophene rings is 1. The molecule has 4 rings (SSSR count). The topological polar surface area (TPSA) is 20.3 Å². The second kappa shape index (κ2) is 6.16. The molecule has 0 saturated carbocycles. The highest BCUT2D eigenvalue weighted by Crippen LogP contribution is 2.40. The second-order valence-electron chi connectivity index (χ2n) is 6.75. The summed E-state index contributed by atoms with van der Waals surface area (Å²) in [7, 11) is 0. The lowest BCUT2D eigenvalue weighted by molar-refractivity contribution is -0.184. The van der Waals surface area contributed by atoms with E-state index < -0.39 is 12.1 Å². The number of rotatable bonds is 1. The Labute approximate surface area is 148 Å². The lowest BCUT2D eigenvalue weighted by atomic mass is 9.91. The Morgan fingerprint density at radius 3 is 2.72 bits per heavy atom. The van der Waals surface area contributed by atoms with E-state index in [2.05, 4.69) is 12.1 Å². The first-order chi connectivity index (χ1) is 11.9. The summed E-state index contributed by atoms with van der Waals surface area (Å²) in [5, 5.41) is 0. The molecule has 0 radical (unpaired) electrons. The zero-order valence-corrected chi connectivity index (χ0v) is 14.4. The number of hydrogen-bond acceptors (Lipinski definition) is 2. The van der Waals surface area contributed by atoms with Gasteiger partial charge in [0.2, 0.25) is 0 Å². The number of aryl methyl sites for hydroxylation is 2. The number of likely N-dealkylation sites (tertiary alicyclic amines) is 1. The molecule has 1 aromatic heterocycles. The molecule has 1 saturated heterocycles. The fourth-order valence-electron chi connectivity index (χ4n) is 3.76. The van der Waals surface area contributed by atoms with Gasteiger partial charge >= 0.3 is 6.18 Å². The van der Waals surface area contributed by atoms with Crippen molar-refractivity contribution in [2.75, 3.05) is 13.1 Å². The minimum absolute atomic E-state index is 0.113. The largest absolute Gasteiger partial charge is 0.393 e. The highest BCUT2D eigenvalue weighted by molar-refractivity contribution is 7.17. The average Bonchev–Trinajstić information content (AvgIpc) is 3.05. The maximum Gasteiger partial charge on any atom is 0.393 e. The predicted molar refractivity (Wildman–Crippen MR) is 91.8 cm³/mol. The Balaban J connectivity index is 1.59. The van der Waals surface area contributed by atoms with Gasteiger partial charge in [-0.1, -0.05) is 24.3 Å². The highest BCUT2D eigenvalue weighted by atomic mass is 32.1. The molecule has 1 unspecified atom stereocenters. The van der Waals surface area contributed by atoms with Crippen molar-refractivity contribution in [3.05, 3.63) is 46.3 Å². The molecule has 2 aromatic rings. The zero-order valence-electron chi connectivity index (χ0n) is 13.6. The van der Waals surface area contributed by atoms with Gasteiger partial charge in [0.15, 0.2) is 0 Å². The fraction of sp³-hybridized carbons (Fsp3) is 0.421. The van der Waals surface area contributed by atoms with Crippen molar-refractivity contribution in [1.29, 1.82) is 0 Å². The minimum Gasteiger partial charge on any atom is -0.337 e. The number of piperidine rings is 1. The van der Waals surface area contributed by atoms with Gasteiger partial charge < -0.3 is 4.90 Å². The summed E-state index contributed by atoms with van der Waals surface area (Å²) in [6, 6.07) is 10.0. The molecule has 2 heterocycles. The summed E-state index contributed by atoms with van der Waals surface area (Å²) in [4.78, 5) is 15.8. The average molecular weight is 365 g/mol. The van der Waals surface area contributed by atoms with E-state index in [0.717, 1.165) is 28.8 Å². The molecule has 1 fully saturated rings. The SMILES string of the molecule is O=C(c1cc2c(s1)-c1ccccc1CC2)N1CCCC(C(F)(F)F)C1. The molecule has 0 bridgehead atoms. The van der Waals surface area contributed by atoms with Crippen molar-refractivity contribution in [3.63, 3.8) is 0 Å². The van der Waals surface area contributed by atoms with Crippen LogP contribution in [-0.4, -0.2) is 30.1 Å². The molecule has 0 N–H and O–H groups in total. The number of carbonyl (C=O) groups excluding carboxylic acids is 1. The smallest absolute Gasteiger partial charge is 0.337 e. The maximum absolute atomic E-state index is 13.0.